The summed E-state index contributed by atoms with van der Waals surface area (Å²) in [7, 11) is 0. The molecule has 1 aliphatic rings. The molecule has 168 valence electrons. The molecule has 2 aromatic carbocycles. The minimum atomic E-state index is -0.594. The normalized spacial score (nSPS) is 20.8. The third kappa shape index (κ3) is 7.54. The molecule has 0 bridgehead atoms. The van der Waals surface area contributed by atoms with E-state index in [1.165, 1.54) is 0 Å². The van der Waals surface area contributed by atoms with Crippen LogP contribution in [0.5, 0.6) is 0 Å². The number of hydrogen-bond acceptors (Lipinski definition) is 4. The average molecular weight is 455 g/mol. The summed E-state index contributed by atoms with van der Waals surface area (Å²) in [4.78, 5) is 37.5. The predicted octanol–water partition coefficient (Wildman–Crippen LogP) is 4.10. The minimum absolute atomic E-state index is 0.0151. The molecule has 1 aliphatic heterocycles. The number of rotatable bonds is 5. The number of carbonyl (C=O) groups is 3. The van der Waals surface area contributed by atoms with Gasteiger partial charge in [0.15, 0.2) is 0 Å². The average Bonchev–Trinajstić information content (AvgIpc) is 2.80. The standard InChI is InChI=1S/C25H27ClN2O4/c26-21-13-11-18(12-14-21)16-27-24(30)15-20-9-5-2-6-10-23(29)28-22(17-32-25(20)31)19-7-3-1-4-8-19/h1-5,7-8,11-14,20,22H,6,9-10,15-17H2,(H,27,30)(H,28,29)/b5-2-/t20-,22-/m0/s1. The monoisotopic (exact) mass is 454 g/mol. The van der Waals surface area contributed by atoms with Crippen molar-refractivity contribution in [1.29, 1.82) is 0 Å². The van der Waals surface area contributed by atoms with Gasteiger partial charge >= 0.3 is 5.97 Å². The Kier molecular flexibility index (Phi) is 8.87. The number of ether oxygens (including phenoxy) is 1. The molecule has 0 aliphatic carbocycles. The second-order valence-corrected chi connectivity index (χ2v) is 8.15. The summed E-state index contributed by atoms with van der Waals surface area (Å²) in [6.07, 6.45) is 5.02. The first kappa shape index (κ1) is 23.5. The number of halogens is 1. The molecule has 2 aromatic rings. The topological polar surface area (TPSA) is 84.5 Å². The Morgan fingerprint density at radius 1 is 1.06 bits per heavy atom. The summed E-state index contributed by atoms with van der Waals surface area (Å²) in [5, 5.41) is 6.41. The fourth-order valence-electron chi connectivity index (χ4n) is 3.41. The SMILES string of the molecule is O=C(C[C@@H]1C/C=C\CCC(=O)N[C@H](c2ccccc2)COC1=O)NCc1ccc(Cl)cc1. The number of nitrogens with one attached hydrogen (secondary N) is 2. The number of allylic oxidation sites excluding steroid dienone is 2. The van der Waals surface area contributed by atoms with Gasteiger partial charge in [-0.2, -0.15) is 0 Å². The van der Waals surface area contributed by atoms with Crippen molar-refractivity contribution in [3.8, 4) is 0 Å². The zero-order valence-electron chi connectivity index (χ0n) is 17.8. The first-order chi connectivity index (χ1) is 15.5. The van der Waals surface area contributed by atoms with E-state index in [0.29, 0.717) is 30.8 Å². The van der Waals surface area contributed by atoms with E-state index in [1.54, 1.807) is 12.1 Å². The van der Waals surface area contributed by atoms with Crippen LogP contribution in [0, 0.1) is 5.92 Å². The molecule has 0 unspecified atom stereocenters. The van der Waals surface area contributed by atoms with Gasteiger partial charge in [-0.1, -0.05) is 66.2 Å². The Morgan fingerprint density at radius 2 is 1.81 bits per heavy atom. The Hall–Kier alpha value is -3.12. The lowest BCUT2D eigenvalue weighted by Crippen LogP contribution is -2.34. The summed E-state index contributed by atoms with van der Waals surface area (Å²) in [5.41, 5.74) is 1.78. The number of cyclic esters (lactones) is 1. The summed E-state index contributed by atoms with van der Waals surface area (Å²) in [6, 6.07) is 16.2. The fourth-order valence-corrected chi connectivity index (χ4v) is 3.54. The lowest BCUT2D eigenvalue weighted by atomic mass is 9.99. The van der Waals surface area contributed by atoms with Crippen LogP contribution in [0.15, 0.2) is 66.7 Å². The fraction of sp³-hybridized carbons (Fsp3) is 0.320. The van der Waals surface area contributed by atoms with Gasteiger partial charge in [-0.3, -0.25) is 14.4 Å². The number of amides is 2. The van der Waals surface area contributed by atoms with Crippen LogP contribution in [0.2, 0.25) is 5.02 Å². The predicted molar refractivity (Wildman–Crippen MR) is 123 cm³/mol. The molecular formula is C25H27ClN2O4. The van der Waals surface area contributed by atoms with Gasteiger partial charge in [0.05, 0.1) is 12.0 Å². The van der Waals surface area contributed by atoms with Crippen molar-refractivity contribution in [2.75, 3.05) is 6.61 Å². The maximum absolute atomic E-state index is 12.8. The summed E-state index contributed by atoms with van der Waals surface area (Å²) < 4.78 is 5.54. The van der Waals surface area contributed by atoms with Gasteiger partial charge in [0.25, 0.3) is 0 Å². The van der Waals surface area contributed by atoms with Crippen LogP contribution in [0.1, 0.15) is 42.9 Å². The minimum Gasteiger partial charge on any atom is -0.463 e. The van der Waals surface area contributed by atoms with Gasteiger partial charge in [-0.15, -0.1) is 0 Å². The Bertz CT molecular complexity index is 944. The largest absolute Gasteiger partial charge is 0.463 e. The lowest BCUT2D eigenvalue weighted by Gasteiger charge is -2.22. The van der Waals surface area contributed by atoms with Gasteiger partial charge in [-0.05, 0) is 36.1 Å². The number of carbonyl (C=O) groups excluding carboxylic acids is 3. The van der Waals surface area contributed by atoms with Crippen molar-refractivity contribution in [2.24, 2.45) is 5.92 Å². The van der Waals surface area contributed by atoms with Gasteiger partial charge in [0.1, 0.15) is 6.61 Å². The molecule has 0 saturated heterocycles. The highest BCUT2D eigenvalue weighted by atomic mass is 35.5. The van der Waals surface area contributed by atoms with E-state index >= 15 is 0 Å². The quantitative estimate of drug-likeness (QED) is 0.526. The highest BCUT2D eigenvalue weighted by molar-refractivity contribution is 6.30. The summed E-state index contributed by atoms with van der Waals surface area (Å²) >= 11 is 5.88. The van der Waals surface area contributed by atoms with E-state index in [1.807, 2.05) is 54.6 Å². The molecule has 0 spiro atoms. The molecule has 0 radical (unpaired) electrons. The summed E-state index contributed by atoms with van der Waals surface area (Å²) in [5.74, 6) is -1.37. The lowest BCUT2D eigenvalue weighted by molar-refractivity contribution is -0.151. The number of hydrogen-bond donors (Lipinski definition) is 2. The van der Waals surface area contributed by atoms with E-state index in [0.717, 1.165) is 11.1 Å². The molecule has 32 heavy (non-hydrogen) atoms. The van der Waals surface area contributed by atoms with Crippen LogP contribution in [0.3, 0.4) is 0 Å². The van der Waals surface area contributed by atoms with E-state index < -0.39 is 17.9 Å². The molecule has 0 fully saturated rings. The van der Waals surface area contributed by atoms with Crippen molar-refractivity contribution in [3.63, 3.8) is 0 Å². The van der Waals surface area contributed by atoms with Crippen LogP contribution in [0.25, 0.3) is 0 Å². The molecule has 3 rings (SSSR count). The van der Waals surface area contributed by atoms with Crippen molar-refractivity contribution >= 4 is 29.4 Å². The summed E-state index contributed by atoms with van der Waals surface area (Å²) in [6.45, 7) is 0.372. The second-order valence-electron chi connectivity index (χ2n) is 7.71. The Morgan fingerprint density at radius 3 is 2.56 bits per heavy atom. The highest BCUT2D eigenvalue weighted by Crippen LogP contribution is 2.18. The van der Waals surface area contributed by atoms with Crippen LogP contribution < -0.4 is 10.6 Å². The van der Waals surface area contributed by atoms with Gasteiger partial charge in [0.2, 0.25) is 11.8 Å². The van der Waals surface area contributed by atoms with Crippen molar-refractivity contribution < 1.29 is 19.1 Å². The Labute approximate surface area is 193 Å². The van der Waals surface area contributed by atoms with Crippen LogP contribution >= 0.6 is 11.6 Å². The van der Waals surface area contributed by atoms with E-state index in [-0.39, 0.29) is 24.8 Å². The number of benzene rings is 2. The highest BCUT2D eigenvalue weighted by Gasteiger charge is 2.25. The van der Waals surface area contributed by atoms with Gasteiger partial charge < -0.3 is 15.4 Å². The molecule has 0 aromatic heterocycles. The van der Waals surface area contributed by atoms with Crippen molar-refractivity contribution in [1.82, 2.24) is 10.6 Å². The molecule has 2 atom stereocenters. The first-order valence-corrected chi connectivity index (χ1v) is 11.1. The molecular weight excluding hydrogens is 428 g/mol. The third-order valence-electron chi connectivity index (χ3n) is 5.22. The third-order valence-corrected chi connectivity index (χ3v) is 5.47. The maximum Gasteiger partial charge on any atom is 0.309 e. The van der Waals surface area contributed by atoms with E-state index in [4.69, 9.17) is 16.3 Å². The zero-order valence-corrected chi connectivity index (χ0v) is 18.5. The van der Waals surface area contributed by atoms with E-state index in [9.17, 15) is 14.4 Å². The molecule has 7 heteroatoms. The Balaban J connectivity index is 1.62. The van der Waals surface area contributed by atoms with Crippen LogP contribution in [0.4, 0.5) is 0 Å². The maximum atomic E-state index is 12.8. The van der Waals surface area contributed by atoms with Crippen LogP contribution in [-0.4, -0.2) is 24.4 Å². The van der Waals surface area contributed by atoms with E-state index in [2.05, 4.69) is 10.6 Å². The van der Waals surface area contributed by atoms with Gasteiger partial charge in [0, 0.05) is 24.4 Å². The first-order valence-electron chi connectivity index (χ1n) is 10.7. The number of esters is 1. The molecule has 2 N–H and O–H groups in total. The van der Waals surface area contributed by atoms with Gasteiger partial charge in [-0.25, -0.2) is 0 Å². The molecule has 1 heterocycles. The van der Waals surface area contributed by atoms with Crippen LogP contribution in [-0.2, 0) is 25.7 Å². The molecule has 0 saturated carbocycles. The second kappa shape index (κ2) is 12.1. The molecule has 2 amide bonds. The van der Waals surface area contributed by atoms with Crippen molar-refractivity contribution in [3.05, 3.63) is 82.9 Å². The van der Waals surface area contributed by atoms with Crippen molar-refractivity contribution in [2.45, 2.75) is 38.3 Å². The smallest absolute Gasteiger partial charge is 0.309 e. The molecule has 6 nitrogen and oxygen atoms in total. The zero-order chi connectivity index (χ0) is 22.8.